The van der Waals surface area contributed by atoms with Gasteiger partial charge in [0.2, 0.25) is 11.8 Å². The molecule has 0 aromatic heterocycles. The van der Waals surface area contributed by atoms with Gasteiger partial charge in [0.25, 0.3) is 0 Å². The smallest absolute Gasteiger partial charge is 0.305 e. The van der Waals surface area contributed by atoms with Gasteiger partial charge in [-0.2, -0.15) is 5.10 Å². The van der Waals surface area contributed by atoms with Crippen molar-refractivity contribution >= 4 is 24.0 Å². The van der Waals surface area contributed by atoms with Gasteiger partial charge >= 0.3 is 5.97 Å². The first-order valence-corrected chi connectivity index (χ1v) is 9.68. The molecule has 0 bridgehead atoms. The lowest BCUT2D eigenvalue weighted by Crippen LogP contribution is -2.43. The van der Waals surface area contributed by atoms with Crippen LogP contribution in [0.1, 0.15) is 41.1 Å². The van der Waals surface area contributed by atoms with E-state index < -0.39 is 12.0 Å². The third kappa shape index (κ3) is 5.02. The fourth-order valence-electron chi connectivity index (χ4n) is 3.57. The maximum atomic E-state index is 13.2. The minimum atomic E-state index is -1.01. The first-order valence-electron chi connectivity index (χ1n) is 9.68. The van der Waals surface area contributed by atoms with Crippen LogP contribution >= 0.6 is 0 Å². The lowest BCUT2D eigenvalue weighted by molar-refractivity contribution is -0.143. The fraction of sp³-hybridized carbons (Fsp3) is 0.273. The summed E-state index contributed by atoms with van der Waals surface area (Å²) >= 11 is 0. The van der Waals surface area contributed by atoms with E-state index in [2.05, 4.69) is 10.4 Å². The molecule has 4 N–H and O–H groups in total. The van der Waals surface area contributed by atoms with Crippen LogP contribution in [0, 0.1) is 0 Å². The van der Waals surface area contributed by atoms with Crippen LogP contribution in [0.4, 0.5) is 0 Å². The van der Waals surface area contributed by atoms with Crippen LogP contribution in [0.5, 0.6) is 0 Å². The summed E-state index contributed by atoms with van der Waals surface area (Å²) in [7, 11) is 0. The van der Waals surface area contributed by atoms with Gasteiger partial charge in [0.1, 0.15) is 6.04 Å². The summed E-state index contributed by atoms with van der Waals surface area (Å²) in [6.45, 7) is 0.256. The van der Waals surface area contributed by atoms with Crippen LogP contribution in [0.2, 0.25) is 0 Å². The molecule has 0 saturated heterocycles. The molecule has 0 spiro atoms. The lowest BCUT2D eigenvalue weighted by Gasteiger charge is -2.30. The molecule has 156 valence electrons. The highest BCUT2D eigenvalue weighted by molar-refractivity contribution is 5.90. The summed E-state index contributed by atoms with van der Waals surface area (Å²) < 4.78 is 0. The van der Waals surface area contributed by atoms with E-state index in [0.29, 0.717) is 6.42 Å². The number of aliphatic carboxylic acids is 1. The molecule has 0 radical (unpaired) electrons. The standard InChI is InChI=1S/C22H24N4O4/c23-25-14-16-7-5-15(6-8-16)13-24-22(30)21-18-4-2-1-3-17(18)9-10-19(27)26(21)12-11-20(28)29/h1-8,14,21H,9-13,23H2,(H,24,30)(H,28,29). The predicted octanol–water partition coefficient (Wildman–Crippen LogP) is 1.59. The molecule has 30 heavy (non-hydrogen) atoms. The summed E-state index contributed by atoms with van der Waals surface area (Å²) in [6, 6.07) is 13.9. The van der Waals surface area contributed by atoms with Crippen LogP contribution in [-0.2, 0) is 27.3 Å². The second-order valence-corrected chi connectivity index (χ2v) is 7.07. The molecule has 0 aliphatic carbocycles. The number of amides is 2. The molecule has 3 rings (SSSR count). The number of hydrogen-bond donors (Lipinski definition) is 3. The summed E-state index contributed by atoms with van der Waals surface area (Å²) in [5.74, 6) is 3.57. The van der Waals surface area contributed by atoms with Crippen LogP contribution < -0.4 is 11.2 Å². The highest BCUT2D eigenvalue weighted by atomic mass is 16.4. The number of carbonyl (C=O) groups is 3. The van der Waals surface area contributed by atoms with Gasteiger partial charge in [0.05, 0.1) is 12.6 Å². The third-order valence-corrected chi connectivity index (χ3v) is 5.07. The number of hydrogen-bond acceptors (Lipinski definition) is 5. The average molecular weight is 408 g/mol. The molecule has 0 saturated carbocycles. The normalized spacial score (nSPS) is 16.2. The van der Waals surface area contributed by atoms with Crippen molar-refractivity contribution < 1.29 is 19.5 Å². The van der Waals surface area contributed by atoms with Crippen LogP contribution in [0.25, 0.3) is 0 Å². The van der Waals surface area contributed by atoms with E-state index in [-0.39, 0.29) is 37.7 Å². The molecule has 1 aliphatic rings. The Kier molecular flexibility index (Phi) is 6.79. The van der Waals surface area contributed by atoms with Crippen molar-refractivity contribution in [2.24, 2.45) is 10.9 Å². The Hall–Kier alpha value is -3.68. The summed E-state index contributed by atoms with van der Waals surface area (Å²) in [6.07, 6.45) is 2.07. The second-order valence-electron chi connectivity index (χ2n) is 7.07. The number of carboxylic acids is 1. The number of rotatable bonds is 7. The van der Waals surface area contributed by atoms with Crippen LogP contribution in [0.3, 0.4) is 0 Å². The maximum absolute atomic E-state index is 13.2. The number of fused-ring (bicyclic) bond motifs is 1. The number of nitrogens with zero attached hydrogens (tertiary/aromatic N) is 2. The summed E-state index contributed by atoms with van der Waals surface area (Å²) in [5, 5.41) is 15.4. The van der Waals surface area contributed by atoms with Crippen molar-refractivity contribution in [3.05, 3.63) is 70.8 Å². The number of carbonyl (C=O) groups excluding carboxylic acids is 2. The van der Waals surface area contributed by atoms with E-state index in [1.54, 1.807) is 0 Å². The first kappa shape index (κ1) is 21.0. The largest absolute Gasteiger partial charge is 0.481 e. The molecule has 1 aliphatic heterocycles. The molecular formula is C22H24N4O4. The monoisotopic (exact) mass is 408 g/mol. The van der Waals surface area contributed by atoms with Crippen molar-refractivity contribution in [2.75, 3.05) is 6.54 Å². The molecule has 1 unspecified atom stereocenters. The van der Waals surface area contributed by atoms with Crippen molar-refractivity contribution in [2.45, 2.75) is 31.8 Å². The van der Waals surface area contributed by atoms with Crippen LogP contribution in [0.15, 0.2) is 53.6 Å². The Balaban J connectivity index is 1.82. The molecule has 2 amide bonds. The Bertz CT molecular complexity index is 956. The van der Waals surface area contributed by atoms with Gasteiger partial charge in [-0.05, 0) is 28.7 Å². The summed E-state index contributed by atoms with van der Waals surface area (Å²) in [5.41, 5.74) is 3.38. The fourth-order valence-corrected chi connectivity index (χ4v) is 3.57. The van der Waals surface area contributed by atoms with Gasteiger partial charge < -0.3 is 21.2 Å². The zero-order valence-corrected chi connectivity index (χ0v) is 16.5. The Labute approximate surface area is 174 Å². The minimum Gasteiger partial charge on any atom is -0.481 e. The van der Waals surface area contributed by atoms with E-state index in [1.165, 1.54) is 11.1 Å². The number of nitrogens with one attached hydrogen (secondary N) is 1. The molecule has 1 heterocycles. The molecule has 2 aromatic rings. The van der Waals surface area contributed by atoms with E-state index in [1.807, 2.05) is 48.5 Å². The Morgan fingerprint density at radius 1 is 1.17 bits per heavy atom. The quantitative estimate of drug-likeness (QED) is 0.364. The molecular weight excluding hydrogens is 384 g/mol. The van der Waals surface area contributed by atoms with Gasteiger partial charge in [0.15, 0.2) is 0 Å². The topological polar surface area (TPSA) is 125 Å². The third-order valence-electron chi connectivity index (χ3n) is 5.07. The van der Waals surface area contributed by atoms with Gasteiger partial charge in [0, 0.05) is 19.5 Å². The molecule has 8 nitrogen and oxygen atoms in total. The highest BCUT2D eigenvalue weighted by Crippen LogP contribution is 2.30. The number of benzene rings is 2. The van der Waals surface area contributed by atoms with E-state index in [0.717, 1.165) is 22.3 Å². The second kappa shape index (κ2) is 9.69. The SMILES string of the molecule is NN=Cc1ccc(CNC(=O)C2c3ccccc3CCC(=O)N2CCC(=O)O)cc1. The number of carboxylic acid groups (broad SMARTS) is 1. The molecule has 1 atom stereocenters. The number of hydrazone groups is 1. The van der Waals surface area contributed by atoms with E-state index in [4.69, 9.17) is 10.9 Å². The maximum Gasteiger partial charge on any atom is 0.305 e. The van der Waals surface area contributed by atoms with Gasteiger partial charge in [-0.3, -0.25) is 14.4 Å². The average Bonchev–Trinajstić information content (AvgIpc) is 2.88. The van der Waals surface area contributed by atoms with Crippen molar-refractivity contribution in [1.29, 1.82) is 0 Å². The zero-order valence-electron chi connectivity index (χ0n) is 16.5. The van der Waals surface area contributed by atoms with Crippen molar-refractivity contribution in [3.63, 3.8) is 0 Å². The Morgan fingerprint density at radius 3 is 2.60 bits per heavy atom. The Morgan fingerprint density at radius 2 is 1.90 bits per heavy atom. The predicted molar refractivity (Wildman–Crippen MR) is 112 cm³/mol. The minimum absolute atomic E-state index is 0.0201. The highest BCUT2D eigenvalue weighted by Gasteiger charge is 2.35. The number of nitrogens with two attached hydrogens (primary N) is 1. The van der Waals surface area contributed by atoms with E-state index in [9.17, 15) is 14.4 Å². The van der Waals surface area contributed by atoms with E-state index >= 15 is 0 Å². The summed E-state index contributed by atoms with van der Waals surface area (Å²) in [4.78, 5) is 38.4. The first-order chi connectivity index (χ1) is 14.5. The number of aryl methyl sites for hydroxylation is 1. The lowest BCUT2D eigenvalue weighted by atomic mass is 9.97. The van der Waals surface area contributed by atoms with Crippen molar-refractivity contribution in [3.8, 4) is 0 Å². The van der Waals surface area contributed by atoms with Crippen molar-refractivity contribution in [1.82, 2.24) is 10.2 Å². The van der Waals surface area contributed by atoms with Gasteiger partial charge in [-0.25, -0.2) is 0 Å². The zero-order chi connectivity index (χ0) is 21.5. The molecule has 0 fully saturated rings. The molecule has 2 aromatic carbocycles. The van der Waals surface area contributed by atoms with Gasteiger partial charge in [-0.1, -0.05) is 48.5 Å². The van der Waals surface area contributed by atoms with Crippen LogP contribution in [-0.4, -0.2) is 40.5 Å². The molecule has 8 heteroatoms. The van der Waals surface area contributed by atoms with Gasteiger partial charge in [-0.15, -0.1) is 0 Å².